The molecule has 6 nitrogen and oxygen atoms in total. The van der Waals surface area contributed by atoms with Gasteiger partial charge in [-0.2, -0.15) is 0 Å². The van der Waals surface area contributed by atoms with Crippen LogP contribution in [0.1, 0.15) is 44.9 Å². The highest BCUT2D eigenvalue weighted by Gasteiger charge is 2.55. The first-order valence-corrected chi connectivity index (χ1v) is 10.8. The van der Waals surface area contributed by atoms with Gasteiger partial charge in [0.25, 0.3) is 0 Å². The number of benzene rings is 1. The first-order valence-electron chi connectivity index (χ1n) is 10.8. The molecule has 2 amide bonds. The van der Waals surface area contributed by atoms with E-state index >= 15 is 0 Å². The highest BCUT2D eigenvalue weighted by molar-refractivity contribution is 5.97. The number of hydrogen-bond acceptors (Lipinski definition) is 4. The van der Waals surface area contributed by atoms with Gasteiger partial charge in [-0.05, 0) is 68.4 Å². The molecule has 4 aliphatic carbocycles. The Labute approximate surface area is 171 Å². The maximum Gasteiger partial charge on any atom is 0.229 e. The second-order valence-electron chi connectivity index (χ2n) is 9.62. The zero-order valence-corrected chi connectivity index (χ0v) is 17.3. The van der Waals surface area contributed by atoms with Gasteiger partial charge < -0.3 is 19.7 Å². The van der Waals surface area contributed by atoms with E-state index in [0.29, 0.717) is 24.5 Å². The molecule has 1 aliphatic heterocycles. The summed E-state index contributed by atoms with van der Waals surface area (Å²) in [4.78, 5) is 27.7. The Morgan fingerprint density at radius 1 is 1.03 bits per heavy atom. The molecule has 1 aromatic rings. The summed E-state index contributed by atoms with van der Waals surface area (Å²) < 4.78 is 10.7. The topological polar surface area (TPSA) is 67.9 Å². The number of nitrogens with one attached hydrogen (secondary N) is 1. The van der Waals surface area contributed by atoms with Crippen molar-refractivity contribution >= 4 is 17.5 Å². The van der Waals surface area contributed by atoms with Crippen LogP contribution in [0.25, 0.3) is 0 Å². The molecule has 1 N–H and O–H groups in total. The first-order chi connectivity index (χ1) is 14.0. The van der Waals surface area contributed by atoms with E-state index in [1.54, 1.807) is 19.1 Å². The van der Waals surface area contributed by atoms with Crippen molar-refractivity contribution in [3.05, 3.63) is 18.2 Å². The second-order valence-corrected chi connectivity index (χ2v) is 9.62. The summed E-state index contributed by atoms with van der Waals surface area (Å²) in [7, 11) is 3.18. The molecular formula is C23H30N2O4. The molecule has 1 atom stereocenters. The standard InChI is InChI=1S/C23H30N2O4/c1-28-19-4-3-18(9-20(19)29-2)25-13-17(8-21(25)26)24-22(27)23-10-14-5-15(11-23)7-16(6-14)12-23/h3-4,9,14-17H,5-8,10-13H2,1-2H3,(H,24,27)/t14?,15?,16?,17-,23?/m0/s1. The lowest BCUT2D eigenvalue weighted by Gasteiger charge is -2.55. The minimum absolute atomic E-state index is 0.0352. The third-order valence-corrected chi connectivity index (χ3v) is 7.66. The van der Waals surface area contributed by atoms with Crippen molar-refractivity contribution in [2.45, 2.75) is 51.0 Å². The molecule has 5 fully saturated rings. The third-order valence-electron chi connectivity index (χ3n) is 7.66. The lowest BCUT2D eigenvalue weighted by atomic mass is 9.49. The lowest BCUT2D eigenvalue weighted by molar-refractivity contribution is -0.146. The Morgan fingerprint density at radius 3 is 2.24 bits per heavy atom. The predicted octanol–water partition coefficient (Wildman–Crippen LogP) is 3.14. The molecule has 1 aromatic carbocycles. The monoisotopic (exact) mass is 398 g/mol. The minimum atomic E-state index is -0.172. The van der Waals surface area contributed by atoms with Crippen molar-refractivity contribution < 1.29 is 19.1 Å². The van der Waals surface area contributed by atoms with Gasteiger partial charge in [-0.1, -0.05) is 0 Å². The van der Waals surface area contributed by atoms with Crippen LogP contribution in [0.15, 0.2) is 18.2 Å². The summed E-state index contributed by atoms with van der Waals surface area (Å²) in [6.07, 6.45) is 7.46. The van der Waals surface area contributed by atoms with Crippen LogP contribution in [0, 0.1) is 23.2 Å². The number of methoxy groups -OCH3 is 2. The molecule has 6 heteroatoms. The zero-order valence-electron chi connectivity index (χ0n) is 17.3. The number of carbonyl (C=O) groups excluding carboxylic acids is 2. The van der Waals surface area contributed by atoms with Crippen molar-refractivity contribution in [2.75, 3.05) is 25.7 Å². The summed E-state index contributed by atoms with van der Waals surface area (Å²) in [5, 5.41) is 3.26. The normalized spacial score (nSPS) is 35.1. The maximum atomic E-state index is 13.3. The van der Waals surface area contributed by atoms with Crippen LogP contribution in [0.4, 0.5) is 5.69 Å². The average Bonchev–Trinajstić information content (AvgIpc) is 3.06. The van der Waals surface area contributed by atoms with E-state index in [1.807, 2.05) is 18.2 Å². The summed E-state index contributed by atoms with van der Waals surface area (Å²) in [6, 6.07) is 5.36. The highest BCUT2D eigenvalue weighted by atomic mass is 16.5. The molecule has 6 rings (SSSR count). The number of anilines is 1. The molecule has 5 aliphatic rings. The van der Waals surface area contributed by atoms with Gasteiger partial charge in [0, 0.05) is 30.1 Å². The zero-order chi connectivity index (χ0) is 20.2. The number of rotatable bonds is 5. The van der Waals surface area contributed by atoms with Crippen LogP contribution >= 0.6 is 0 Å². The van der Waals surface area contributed by atoms with Gasteiger partial charge in [0.05, 0.1) is 20.3 Å². The largest absolute Gasteiger partial charge is 0.493 e. The Morgan fingerprint density at radius 2 is 1.66 bits per heavy atom. The van der Waals surface area contributed by atoms with Crippen molar-refractivity contribution in [1.29, 1.82) is 0 Å². The van der Waals surface area contributed by atoms with E-state index in [9.17, 15) is 9.59 Å². The first kappa shape index (κ1) is 18.8. The number of nitrogens with zero attached hydrogens (tertiary/aromatic N) is 1. The summed E-state index contributed by atoms with van der Waals surface area (Å²) in [6.45, 7) is 0.506. The highest BCUT2D eigenvalue weighted by Crippen LogP contribution is 2.60. The average molecular weight is 399 g/mol. The molecular weight excluding hydrogens is 368 g/mol. The summed E-state index contributed by atoms with van der Waals surface area (Å²) >= 11 is 0. The molecule has 1 heterocycles. The number of hydrogen-bond donors (Lipinski definition) is 1. The van der Waals surface area contributed by atoms with E-state index < -0.39 is 0 Å². The minimum Gasteiger partial charge on any atom is -0.493 e. The lowest BCUT2D eigenvalue weighted by Crippen LogP contribution is -2.55. The van der Waals surface area contributed by atoms with Gasteiger partial charge in [0.2, 0.25) is 11.8 Å². The Hall–Kier alpha value is -2.24. The molecule has 0 unspecified atom stereocenters. The fraction of sp³-hybridized carbons (Fsp3) is 0.652. The van der Waals surface area contributed by atoms with Crippen LogP contribution in [-0.4, -0.2) is 38.6 Å². The van der Waals surface area contributed by atoms with E-state index in [1.165, 1.54) is 19.3 Å². The molecule has 156 valence electrons. The number of amides is 2. The summed E-state index contributed by atoms with van der Waals surface area (Å²) in [5.41, 5.74) is 0.605. The van der Waals surface area contributed by atoms with E-state index in [0.717, 1.165) is 42.7 Å². The van der Waals surface area contributed by atoms with E-state index in [-0.39, 0.29) is 23.3 Å². The quantitative estimate of drug-likeness (QED) is 0.827. The molecule has 0 spiro atoms. The van der Waals surface area contributed by atoms with Crippen LogP contribution in [0.5, 0.6) is 11.5 Å². The van der Waals surface area contributed by atoms with Crippen LogP contribution < -0.4 is 19.7 Å². The fourth-order valence-corrected chi connectivity index (χ4v) is 6.77. The van der Waals surface area contributed by atoms with Crippen molar-refractivity contribution in [3.63, 3.8) is 0 Å². The van der Waals surface area contributed by atoms with Crippen molar-refractivity contribution in [3.8, 4) is 11.5 Å². The third kappa shape index (κ3) is 3.17. The predicted molar refractivity (Wildman–Crippen MR) is 109 cm³/mol. The van der Waals surface area contributed by atoms with Gasteiger partial charge in [0.1, 0.15) is 0 Å². The van der Waals surface area contributed by atoms with Crippen LogP contribution in [0.2, 0.25) is 0 Å². The number of carbonyl (C=O) groups is 2. The SMILES string of the molecule is COc1ccc(N2C[C@@H](NC(=O)C34CC5CC(CC(C5)C3)C4)CC2=O)cc1OC. The van der Waals surface area contributed by atoms with Gasteiger partial charge >= 0.3 is 0 Å². The molecule has 29 heavy (non-hydrogen) atoms. The fourth-order valence-electron chi connectivity index (χ4n) is 6.77. The van der Waals surface area contributed by atoms with Crippen molar-refractivity contribution in [1.82, 2.24) is 5.32 Å². The van der Waals surface area contributed by atoms with Crippen LogP contribution in [-0.2, 0) is 9.59 Å². The van der Waals surface area contributed by atoms with Gasteiger partial charge in [-0.15, -0.1) is 0 Å². The Bertz CT molecular complexity index is 801. The van der Waals surface area contributed by atoms with E-state index in [4.69, 9.17) is 9.47 Å². The van der Waals surface area contributed by atoms with E-state index in [2.05, 4.69) is 5.32 Å². The Balaban J connectivity index is 1.28. The smallest absolute Gasteiger partial charge is 0.229 e. The summed E-state index contributed by atoms with van der Waals surface area (Å²) in [5.74, 6) is 3.67. The molecule has 4 bridgehead atoms. The molecule has 4 saturated carbocycles. The molecule has 0 aromatic heterocycles. The molecule has 1 saturated heterocycles. The van der Waals surface area contributed by atoms with Crippen LogP contribution in [0.3, 0.4) is 0 Å². The van der Waals surface area contributed by atoms with Gasteiger partial charge in [-0.3, -0.25) is 9.59 Å². The Kier molecular flexibility index (Phi) is 4.48. The van der Waals surface area contributed by atoms with Gasteiger partial charge in [0.15, 0.2) is 11.5 Å². The van der Waals surface area contributed by atoms with Crippen molar-refractivity contribution in [2.24, 2.45) is 23.2 Å². The maximum absolute atomic E-state index is 13.3. The molecule has 0 radical (unpaired) electrons. The second kappa shape index (κ2) is 6.92. The number of ether oxygens (including phenoxy) is 2. The van der Waals surface area contributed by atoms with Gasteiger partial charge in [-0.25, -0.2) is 0 Å².